The van der Waals surface area contributed by atoms with Crippen molar-refractivity contribution in [1.82, 2.24) is 15.8 Å². The van der Waals surface area contributed by atoms with Crippen LogP contribution in [0.5, 0.6) is 0 Å². The zero-order chi connectivity index (χ0) is 12.8. The molecule has 5 nitrogen and oxygen atoms in total. The lowest BCUT2D eigenvalue weighted by atomic mass is 9.87. The second-order valence-electron chi connectivity index (χ2n) is 5.02. The van der Waals surface area contributed by atoms with Gasteiger partial charge in [0.05, 0.1) is 6.54 Å². The molecule has 0 saturated heterocycles. The molecule has 1 heterocycles. The SMILES string of the molecule is CN=C(NCc1ccon1)NC1CCC(C)CC1. The lowest BCUT2D eigenvalue weighted by Crippen LogP contribution is -2.44. The van der Waals surface area contributed by atoms with Gasteiger partial charge in [-0.3, -0.25) is 4.99 Å². The first-order chi connectivity index (χ1) is 8.78. The molecule has 0 amide bonds. The van der Waals surface area contributed by atoms with Crippen LogP contribution in [-0.2, 0) is 6.54 Å². The van der Waals surface area contributed by atoms with Gasteiger partial charge in [-0.1, -0.05) is 12.1 Å². The van der Waals surface area contributed by atoms with Crippen molar-refractivity contribution in [3.05, 3.63) is 18.0 Å². The quantitative estimate of drug-likeness (QED) is 0.635. The highest BCUT2D eigenvalue weighted by molar-refractivity contribution is 5.79. The van der Waals surface area contributed by atoms with Crippen molar-refractivity contribution in [2.75, 3.05) is 7.05 Å². The fourth-order valence-corrected chi connectivity index (χ4v) is 2.30. The van der Waals surface area contributed by atoms with Crippen LogP contribution in [0.4, 0.5) is 0 Å². The molecule has 5 heteroatoms. The van der Waals surface area contributed by atoms with Crippen LogP contribution in [0.25, 0.3) is 0 Å². The molecular formula is C13H22N4O. The zero-order valence-corrected chi connectivity index (χ0v) is 11.1. The molecule has 0 spiro atoms. The van der Waals surface area contributed by atoms with Crippen molar-refractivity contribution < 1.29 is 4.52 Å². The van der Waals surface area contributed by atoms with E-state index in [9.17, 15) is 0 Å². The second-order valence-corrected chi connectivity index (χ2v) is 5.02. The topological polar surface area (TPSA) is 62.5 Å². The third-order valence-electron chi connectivity index (χ3n) is 3.51. The van der Waals surface area contributed by atoms with Crippen molar-refractivity contribution in [3.63, 3.8) is 0 Å². The predicted molar refractivity (Wildman–Crippen MR) is 71.3 cm³/mol. The Morgan fingerprint density at radius 3 is 2.83 bits per heavy atom. The molecule has 1 saturated carbocycles. The van der Waals surface area contributed by atoms with Crippen LogP contribution in [0.1, 0.15) is 38.3 Å². The van der Waals surface area contributed by atoms with Gasteiger partial charge in [0.2, 0.25) is 0 Å². The van der Waals surface area contributed by atoms with Gasteiger partial charge in [0, 0.05) is 19.2 Å². The predicted octanol–water partition coefficient (Wildman–Crippen LogP) is 1.92. The van der Waals surface area contributed by atoms with Gasteiger partial charge in [0.15, 0.2) is 5.96 Å². The fourth-order valence-electron chi connectivity index (χ4n) is 2.30. The van der Waals surface area contributed by atoms with Crippen molar-refractivity contribution in [1.29, 1.82) is 0 Å². The average Bonchev–Trinajstić information content (AvgIpc) is 2.90. The summed E-state index contributed by atoms with van der Waals surface area (Å²) in [5.74, 6) is 1.71. The van der Waals surface area contributed by atoms with Gasteiger partial charge >= 0.3 is 0 Å². The minimum Gasteiger partial charge on any atom is -0.364 e. The molecule has 2 N–H and O–H groups in total. The van der Waals surface area contributed by atoms with Crippen LogP contribution in [0.2, 0.25) is 0 Å². The Kier molecular flexibility index (Phi) is 4.61. The highest BCUT2D eigenvalue weighted by Crippen LogP contribution is 2.23. The molecule has 1 aliphatic rings. The maximum absolute atomic E-state index is 4.79. The summed E-state index contributed by atoms with van der Waals surface area (Å²) < 4.78 is 4.79. The smallest absolute Gasteiger partial charge is 0.191 e. The molecular weight excluding hydrogens is 228 g/mol. The molecule has 1 fully saturated rings. The molecule has 18 heavy (non-hydrogen) atoms. The minimum absolute atomic E-state index is 0.546. The normalized spacial score (nSPS) is 24.9. The number of aliphatic imine (C=N–C) groups is 1. The summed E-state index contributed by atoms with van der Waals surface area (Å²) in [6.07, 6.45) is 6.64. The lowest BCUT2D eigenvalue weighted by Gasteiger charge is -2.28. The summed E-state index contributed by atoms with van der Waals surface area (Å²) in [5, 5.41) is 10.6. The Balaban J connectivity index is 1.75. The highest BCUT2D eigenvalue weighted by atomic mass is 16.5. The summed E-state index contributed by atoms with van der Waals surface area (Å²) in [7, 11) is 1.80. The molecule has 0 bridgehead atoms. The van der Waals surface area contributed by atoms with E-state index >= 15 is 0 Å². The second kappa shape index (κ2) is 6.42. The Morgan fingerprint density at radius 1 is 1.44 bits per heavy atom. The fraction of sp³-hybridized carbons (Fsp3) is 0.692. The van der Waals surface area contributed by atoms with Crippen LogP contribution >= 0.6 is 0 Å². The van der Waals surface area contributed by atoms with Crippen LogP contribution < -0.4 is 10.6 Å². The number of nitrogens with one attached hydrogen (secondary N) is 2. The van der Waals surface area contributed by atoms with Gasteiger partial charge in [0.1, 0.15) is 12.0 Å². The van der Waals surface area contributed by atoms with Crippen LogP contribution in [0.15, 0.2) is 21.8 Å². The monoisotopic (exact) mass is 250 g/mol. The van der Waals surface area contributed by atoms with Gasteiger partial charge in [-0.25, -0.2) is 0 Å². The lowest BCUT2D eigenvalue weighted by molar-refractivity contribution is 0.329. The molecule has 1 aliphatic carbocycles. The van der Waals surface area contributed by atoms with E-state index < -0.39 is 0 Å². The molecule has 0 aliphatic heterocycles. The molecule has 0 atom stereocenters. The maximum Gasteiger partial charge on any atom is 0.191 e. The summed E-state index contributed by atoms with van der Waals surface area (Å²) in [5.41, 5.74) is 0.884. The summed E-state index contributed by atoms with van der Waals surface area (Å²) in [4.78, 5) is 4.24. The first-order valence-electron chi connectivity index (χ1n) is 6.64. The van der Waals surface area contributed by atoms with Gasteiger partial charge in [-0.05, 0) is 31.6 Å². The molecule has 100 valence electrons. The molecule has 2 rings (SSSR count). The van der Waals surface area contributed by atoms with E-state index in [1.165, 1.54) is 25.7 Å². The van der Waals surface area contributed by atoms with Crippen LogP contribution in [-0.4, -0.2) is 24.2 Å². The standard InChI is InChI=1S/C13H22N4O/c1-10-3-5-11(6-4-10)16-13(14-2)15-9-12-7-8-18-17-12/h7-8,10-11H,3-6,9H2,1-2H3,(H2,14,15,16). The van der Waals surface area contributed by atoms with Gasteiger partial charge in [-0.15, -0.1) is 0 Å². The molecule has 0 aromatic carbocycles. The van der Waals surface area contributed by atoms with E-state index in [1.807, 2.05) is 6.07 Å². The summed E-state index contributed by atoms with van der Waals surface area (Å²) >= 11 is 0. The Labute approximate surface area is 108 Å². The highest BCUT2D eigenvalue weighted by Gasteiger charge is 2.18. The van der Waals surface area contributed by atoms with Crippen molar-refractivity contribution in [2.24, 2.45) is 10.9 Å². The van der Waals surface area contributed by atoms with Crippen LogP contribution in [0.3, 0.4) is 0 Å². The van der Waals surface area contributed by atoms with Gasteiger partial charge in [0.25, 0.3) is 0 Å². The number of guanidine groups is 1. The summed E-state index contributed by atoms with van der Waals surface area (Å²) in [6.45, 7) is 2.97. The van der Waals surface area contributed by atoms with Crippen molar-refractivity contribution >= 4 is 5.96 Å². The van der Waals surface area contributed by atoms with Gasteiger partial charge < -0.3 is 15.2 Å². The largest absolute Gasteiger partial charge is 0.364 e. The first-order valence-corrected chi connectivity index (χ1v) is 6.64. The first kappa shape index (κ1) is 12.9. The number of nitrogens with zero attached hydrogens (tertiary/aromatic N) is 2. The average molecular weight is 250 g/mol. The van der Waals surface area contributed by atoms with Crippen LogP contribution in [0, 0.1) is 5.92 Å². The van der Waals surface area contributed by atoms with E-state index in [0.29, 0.717) is 12.6 Å². The molecule has 1 aromatic rings. The Hall–Kier alpha value is -1.52. The van der Waals surface area contributed by atoms with E-state index in [0.717, 1.165) is 17.6 Å². The number of rotatable bonds is 3. The molecule has 0 unspecified atom stereocenters. The van der Waals surface area contributed by atoms with Crippen molar-refractivity contribution in [2.45, 2.75) is 45.2 Å². The number of hydrogen-bond acceptors (Lipinski definition) is 3. The molecule has 1 aromatic heterocycles. The maximum atomic E-state index is 4.79. The minimum atomic E-state index is 0.546. The number of aromatic nitrogens is 1. The van der Waals surface area contributed by atoms with E-state index in [1.54, 1.807) is 13.3 Å². The van der Waals surface area contributed by atoms with Crippen molar-refractivity contribution in [3.8, 4) is 0 Å². The summed E-state index contributed by atoms with van der Waals surface area (Å²) in [6, 6.07) is 2.40. The third kappa shape index (κ3) is 3.75. The van der Waals surface area contributed by atoms with Gasteiger partial charge in [-0.2, -0.15) is 0 Å². The van der Waals surface area contributed by atoms with E-state index in [-0.39, 0.29) is 0 Å². The Bertz CT molecular complexity index is 366. The number of hydrogen-bond donors (Lipinski definition) is 2. The van der Waals surface area contributed by atoms with E-state index in [2.05, 4.69) is 27.7 Å². The Morgan fingerprint density at radius 2 is 2.22 bits per heavy atom. The van der Waals surface area contributed by atoms with E-state index in [4.69, 9.17) is 4.52 Å². The third-order valence-corrected chi connectivity index (χ3v) is 3.51. The molecule has 0 radical (unpaired) electrons. The zero-order valence-electron chi connectivity index (χ0n) is 11.1.